The molecule has 0 spiro atoms. The third-order valence-electron chi connectivity index (χ3n) is 2.36. The number of methoxy groups -OCH3 is 1. The van der Waals surface area contributed by atoms with Crippen molar-refractivity contribution in [1.82, 2.24) is 10.2 Å². The Morgan fingerprint density at radius 1 is 1.24 bits per heavy atom. The summed E-state index contributed by atoms with van der Waals surface area (Å²) >= 11 is 0. The van der Waals surface area contributed by atoms with E-state index >= 15 is 0 Å². The molecule has 5 nitrogen and oxygen atoms in total. The maximum atomic E-state index is 11.9. The molecule has 0 aliphatic heterocycles. The number of carbonyl (C=O) groups excluding carboxylic acids is 2. The molecule has 5 heteroatoms. The molecule has 1 amide bonds. The van der Waals surface area contributed by atoms with Crippen molar-refractivity contribution < 1.29 is 14.3 Å². The lowest BCUT2D eigenvalue weighted by Gasteiger charge is -2.25. The fourth-order valence-electron chi connectivity index (χ4n) is 1.37. The van der Waals surface area contributed by atoms with Crippen LogP contribution < -0.4 is 5.32 Å². The number of esters is 1. The maximum absolute atomic E-state index is 11.9. The van der Waals surface area contributed by atoms with Crippen LogP contribution in [0.15, 0.2) is 0 Å². The fourth-order valence-corrected chi connectivity index (χ4v) is 1.37. The Morgan fingerprint density at radius 2 is 1.82 bits per heavy atom. The van der Waals surface area contributed by atoms with Gasteiger partial charge < -0.3 is 15.0 Å². The van der Waals surface area contributed by atoms with Crippen LogP contribution in [0.3, 0.4) is 0 Å². The van der Waals surface area contributed by atoms with Crippen LogP contribution in [0.4, 0.5) is 0 Å². The van der Waals surface area contributed by atoms with Crippen LogP contribution in [-0.2, 0) is 14.3 Å². The van der Waals surface area contributed by atoms with Gasteiger partial charge in [-0.25, -0.2) is 0 Å². The molecule has 100 valence electrons. The summed E-state index contributed by atoms with van der Waals surface area (Å²) in [7, 11) is 1.33. The largest absolute Gasteiger partial charge is 0.468 e. The summed E-state index contributed by atoms with van der Waals surface area (Å²) in [5.41, 5.74) is 0. The normalized spacial score (nSPS) is 10.8. The molecule has 0 saturated heterocycles. The molecule has 0 unspecified atom stereocenters. The molecule has 0 radical (unpaired) electrons. The van der Waals surface area contributed by atoms with E-state index in [9.17, 15) is 9.59 Å². The number of carbonyl (C=O) groups is 2. The topological polar surface area (TPSA) is 58.6 Å². The van der Waals surface area contributed by atoms with Crippen LogP contribution in [-0.4, -0.2) is 49.1 Å². The monoisotopic (exact) mass is 244 g/mol. The van der Waals surface area contributed by atoms with Crippen LogP contribution in [0.25, 0.3) is 0 Å². The molecule has 0 aromatic heterocycles. The van der Waals surface area contributed by atoms with E-state index in [-0.39, 0.29) is 24.5 Å². The predicted molar refractivity (Wildman–Crippen MR) is 66.6 cm³/mol. The predicted octanol–water partition coefficient (Wildman–Crippen LogP) is 0.785. The van der Waals surface area contributed by atoms with E-state index in [4.69, 9.17) is 0 Å². The van der Waals surface area contributed by atoms with Gasteiger partial charge in [-0.15, -0.1) is 0 Å². The van der Waals surface area contributed by atoms with E-state index in [0.717, 1.165) is 0 Å². The van der Waals surface area contributed by atoms with E-state index in [1.807, 2.05) is 27.7 Å². The lowest BCUT2D eigenvalue weighted by molar-refractivity contribution is -0.148. The lowest BCUT2D eigenvalue weighted by Crippen LogP contribution is -2.42. The van der Waals surface area contributed by atoms with Crippen LogP contribution in [0.5, 0.6) is 0 Å². The summed E-state index contributed by atoms with van der Waals surface area (Å²) in [5.74, 6) is -0.414. The number of nitrogens with one attached hydrogen (secondary N) is 1. The lowest BCUT2D eigenvalue weighted by atomic mass is 10.2. The molecule has 0 saturated carbocycles. The highest BCUT2D eigenvalue weighted by Crippen LogP contribution is 2.02. The number of hydrogen-bond acceptors (Lipinski definition) is 4. The van der Waals surface area contributed by atoms with E-state index < -0.39 is 0 Å². The minimum absolute atomic E-state index is 0.000602. The second kappa shape index (κ2) is 8.06. The number of hydrogen-bond donors (Lipinski definition) is 1. The van der Waals surface area contributed by atoms with Crippen molar-refractivity contribution in [3.05, 3.63) is 0 Å². The molecular weight excluding hydrogens is 220 g/mol. The van der Waals surface area contributed by atoms with Crippen molar-refractivity contribution in [3.63, 3.8) is 0 Å². The zero-order valence-corrected chi connectivity index (χ0v) is 11.4. The molecule has 0 heterocycles. The van der Waals surface area contributed by atoms with Gasteiger partial charge in [-0.3, -0.25) is 9.59 Å². The highest BCUT2D eigenvalue weighted by atomic mass is 16.5. The number of amides is 1. The zero-order valence-electron chi connectivity index (χ0n) is 11.4. The second-order valence-electron chi connectivity index (χ2n) is 4.55. The third-order valence-corrected chi connectivity index (χ3v) is 2.36. The summed E-state index contributed by atoms with van der Waals surface area (Å²) in [6, 6.07) is 0.358. The molecular formula is C12H24N2O3. The highest BCUT2D eigenvalue weighted by Gasteiger charge is 2.19. The molecule has 0 aliphatic carbocycles. The summed E-state index contributed by atoms with van der Waals surface area (Å²) in [6.07, 6.45) is 0.396. The molecule has 0 bridgehead atoms. The summed E-state index contributed by atoms with van der Waals surface area (Å²) in [5, 5.41) is 3.17. The Bertz CT molecular complexity index is 252. The van der Waals surface area contributed by atoms with Crippen molar-refractivity contribution in [3.8, 4) is 0 Å². The average molecular weight is 244 g/mol. The van der Waals surface area contributed by atoms with Crippen molar-refractivity contribution in [2.75, 3.05) is 20.2 Å². The first-order valence-electron chi connectivity index (χ1n) is 5.98. The minimum Gasteiger partial charge on any atom is -0.468 e. The molecule has 0 aromatic carbocycles. The summed E-state index contributed by atoms with van der Waals surface area (Å²) in [4.78, 5) is 24.6. The van der Waals surface area contributed by atoms with Gasteiger partial charge in [0.05, 0.1) is 7.11 Å². The SMILES string of the molecule is COC(=O)CN(C(=O)CCNC(C)C)C(C)C. The molecule has 0 aliphatic rings. The van der Waals surface area contributed by atoms with E-state index in [1.165, 1.54) is 12.0 Å². The average Bonchev–Trinajstić information content (AvgIpc) is 2.24. The third kappa shape index (κ3) is 6.94. The second-order valence-corrected chi connectivity index (χ2v) is 4.55. The van der Waals surface area contributed by atoms with Gasteiger partial charge in [0.15, 0.2) is 0 Å². The van der Waals surface area contributed by atoms with E-state index in [1.54, 1.807) is 0 Å². The first-order chi connectivity index (χ1) is 7.88. The summed E-state index contributed by atoms with van der Waals surface area (Å²) in [6.45, 7) is 8.47. The minimum atomic E-state index is -0.385. The Hall–Kier alpha value is -1.10. The van der Waals surface area contributed by atoms with Gasteiger partial charge in [0, 0.05) is 25.0 Å². The van der Waals surface area contributed by atoms with Crippen molar-refractivity contribution in [2.45, 2.75) is 46.2 Å². The Labute approximate surface area is 103 Å². The van der Waals surface area contributed by atoms with Crippen molar-refractivity contribution in [1.29, 1.82) is 0 Å². The van der Waals surface area contributed by atoms with Gasteiger partial charge in [-0.05, 0) is 13.8 Å². The molecule has 0 rings (SSSR count). The molecule has 0 aromatic rings. The Kier molecular flexibility index (Phi) is 7.54. The molecule has 0 fully saturated rings. The Morgan fingerprint density at radius 3 is 2.24 bits per heavy atom. The Balaban J connectivity index is 4.20. The van der Waals surface area contributed by atoms with Gasteiger partial charge in [0.1, 0.15) is 6.54 Å². The number of ether oxygens (including phenoxy) is 1. The van der Waals surface area contributed by atoms with Gasteiger partial charge in [0.25, 0.3) is 0 Å². The molecule has 0 atom stereocenters. The van der Waals surface area contributed by atoms with Gasteiger partial charge in [-0.1, -0.05) is 13.8 Å². The quantitative estimate of drug-likeness (QED) is 0.673. The number of nitrogens with zero attached hydrogens (tertiary/aromatic N) is 1. The van der Waals surface area contributed by atoms with Crippen LogP contribution in [0, 0.1) is 0 Å². The summed E-state index contributed by atoms with van der Waals surface area (Å²) < 4.78 is 4.58. The van der Waals surface area contributed by atoms with Gasteiger partial charge in [0.2, 0.25) is 5.91 Å². The fraction of sp³-hybridized carbons (Fsp3) is 0.833. The first-order valence-corrected chi connectivity index (χ1v) is 5.98. The standard InChI is InChI=1S/C12H24N2O3/c1-9(2)13-7-6-11(15)14(10(3)4)8-12(16)17-5/h9-10,13H,6-8H2,1-5H3. The van der Waals surface area contributed by atoms with Crippen molar-refractivity contribution in [2.24, 2.45) is 0 Å². The van der Waals surface area contributed by atoms with Crippen LogP contribution in [0.1, 0.15) is 34.1 Å². The van der Waals surface area contributed by atoms with Gasteiger partial charge >= 0.3 is 5.97 Å². The van der Waals surface area contributed by atoms with E-state index in [2.05, 4.69) is 10.1 Å². The molecule has 17 heavy (non-hydrogen) atoms. The number of rotatable bonds is 7. The van der Waals surface area contributed by atoms with Gasteiger partial charge in [-0.2, -0.15) is 0 Å². The first kappa shape index (κ1) is 15.9. The highest BCUT2D eigenvalue weighted by molar-refractivity contribution is 5.82. The van der Waals surface area contributed by atoms with E-state index in [0.29, 0.717) is 19.0 Å². The zero-order chi connectivity index (χ0) is 13.4. The van der Waals surface area contributed by atoms with Crippen LogP contribution >= 0.6 is 0 Å². The smallest absolute Gasteiger partial charge is 0.325 e. The maximum Gasteiger partial charge on any atom is 0.325 e. The molecule has 1 N–H and O–H groups in total. The van der Waals surface area contributed by atoms with Crippen molar-refractivity contribution >= 4 is 11.9 Å². The van der Waals surface area contributed by atoms with Crippen LogP contribution in [0.2, 0.25) is 0 Å².